The van der Waals surface area contributed by atoms with E-state index < -0.39 is 0 Å². The van der Waals surface area contributed by atoms with E-state index >= 15 is 0 Å². The molecule has 0 aliphatic carbocycles. The molecule has 17 heavy (non-hydrogen) atoms. The third-order valence-corrected chi connectivity index (χ3v) is 3.94. The Kier molecular flexibility index (Phi) is 6.06. The van der Waals surface area contributed by atoms with Crippen molar-refractivity contribution >= 4 is 11.8 Å². The van der Waals surface area contributed by atoms with Crippen LogP contribution in [0.3, 0.4) is 0 Å². The Morgan fingerprint density at radius 2 is 2.12 bits per heavy atom. The Labute approximate surface area is 109 Å². The lowest BCUT2D eigenvalue weighted by atomic mass is 10.0. The Morgan fingerprint density at radius 1 is 1.41 bits per heavy atom. The Hall–Kier alpha value is -0.480. The number of aromatic nitrogens is 2. The average Bonchev–Trinajstić information content (AvgIpc) is 2.57. The number of hydrogen-bond donors (Lipinski definition) is 1. The number of nitrogens with two attached hydrogens (primary N) is 1. The summed E-state index contributed by atoms with van der Waals surface area (Å²) < 4.78 is 2.14. The molecule has 0 radical (unpaired) electrons. The lowest BCUT2D eigenvalue weighted by molar-refractivity contribution is 0.584. The minimum atomic E-state index is 0.260. The van der Waals surface area contributed by atoms with Gasteiger partial charge >= 0.3 is 0 Å². The van der Waals surface area contributed by atoms with E-state index in [1.165, 1.54) is 23.4 Å². The van der Waals surface area contributed by atoms with Gasteiger partial charge in [-0.1, -0.05) is 6.92 Å². The van der Waals surface area contributed by atoms with Crippen LogP contribution in [0.15, 0.2) is 0 Å². The van der Waals surface area contributed by atoms with Crippen LogP contribution in [0.5, 0.6) is 0 Å². The Balaban J connectivity index is 2.71. The van der Waals surface area contributed by atoms with Crippen LogP contribution in [0, 0.1) is 13.8 Å². The van der Waals surface area contributed by atoms with Gasteiger partial charge in [0.15, 0.2) is 0 Å². The van der Waals surface area contributed by atoms with Gasteiger partial charge in [-0.3, -0.25) is 4.68 Å². The van der Waals surface area contributed by atoms with Crippen molar-refractivity contribution in [2.75, 3.05) is 12.0 Å². The van der Waals surface area contributed by atoms with E-state index in [0.717, 1.165) is 25.1 Å². The molecule has 0 fully saturated rings. The molecule has 2 N–H and O–H groups in total. The quantitative estimate of drug-likeness (QED) is 0.761. The van der Waals surface area contributed by atoms with Gasteiger partial charge in [-0.15, -0.1) is 0 Å². The number of rotatable bonds is 7. The van der Waals surface area contributed by atoms with Gasteiger partial charge in [0, 0.05) is 18.3 Å². The summed E-state index contributed by atoms with van der Waals surface area (Å²) in [6.07, 6.45) is 5.31. The molecule has 1 unspecified atom stereocenters. The predicted molar refractivity (Wildman–Crippen MR) is 76.7 cm³/mol. The first-order valence-electron chi connectivity index (χ1n) is 6.37. The minimum absolute atomic E-state index is 0.260. The summed E-state index contributed by atoms with van der Waals surface area (Å²) in [5.74, 6) is 1.20. The topological polar surface area (TPSA) is 43.8 Å². The highest BCUT2D eigenvalue weighted by molar-refractivity contribution is 7.98. The molecule has 0 aliphatic heterocycles. The summed E-state index contributed by atoms with van der Waals surface area (Å²) in [5.41, 5.74) is 9.83. The summed E-state index contributed by atoms with van der Waals surface area (Å²) in [6.45, 7) is 7.42. The summed E-state index contributed by atoms with van der Waals surface area (Å²) in [4.78, 5) is 0. The van der Waals surface area contributed by atoms with Crippen molar-refractivity contribution in [1.29, 1.82) is 0 Å². The zero-order valence-corrected chi connectivity index (χ0v) is 12.3. The highest BCUT2D eigenvalue weighted by atomic mass is 32.2. The molecule has 1 aromatic rings. The van der Waals surface area contributed by atoms with E-state index in [4.69, 9.17) is 5.73 Å². The van der Waals surface area contributed by atoms with Crippen molar-refractivity contribution in [2.45, 2.75) is 52.6 Å². The fraction of sp³-hybridized carbons (Fsp3) is 0.769. The third kappa shape index (κ3) is 4.03. The van der Waals surface area contributed by atoms with Gasteiger partial charge in [0.25, 0.3) is 0 Å². The molecule has 0 aromatic carbocycles. The number of aryl methyl sites for hydroxylation is 2. The maximum atomic E-state index is 6.03. The average molecular weight is 255 g/mol. The van der Waals surface area contributed by atoms with Gasteiger partial charge in [0.2, 0.25) is 0 Å². The van der Waals surface area contributed by atoms with Crippen LogP contribution in [0.1, 0.15) is 36.7 Å². The smallest absolute Gasteiger partial charge is 0.0629 e. The van der Waals surface area contributed by atoms with Crippen molar-refractivity contribution in [3.63, 3.8) is 0 Å². The molecule has 0 bridgehead atoms. The minimum Gasteiger partial charge on any atom is -0.327 e. The van der Waals surface area contributed by atoms with Crippen molar-refractivity contribution in [3.8, 4) is 0 Å². The molecule has 0 saturated carbocycles. The molecule has 0 amide bonds. The van der Waals surface area contributed by atoms with E-state index in [0.29, 0.717) is 0 Å². The van der Waals surface area contributed by atoms with E-state index in [-0.39, 0.29) is 6.04 Å². The molecule has 1 rings (SSSR count). The van der Waals surface area contributed by atoms with Crippen LogP contribution in [-0.4, -0.2) is 27.8 Å². The van der Waals surface area contributed by atoms with Crippen LogP contribution < -0.4 is 5.73 Å². The van der Waals surface area contributed by atoms with Crippen LogP contribution in [0.4, 0.5) is 0 Å². The molecular weight excluding hydrogens is 230 g/mol. The first-order chi connectivity index (χ1) is 8.10. The molecule has 0 saturated heterocycles. The molecule has 1 aromatic heterocycles. The number of nitrogens with zero attached hydrogens (tertiary/aromatic N) is 2. The van der Waals surface area contributed by atoms with Crippen LogP contribution in [0.2, 0.25) is 0 Å². The Bertz CT molecular complexity index is 347. The van der Waals surface area contributed by atoms with Crippen molar-refractivity contribution in [1.82, 2.24) is 9.78 Å². The van der Waals surface area contributed by atoms with Crippen LogP contribution in [-0.2, 0) is 13.0 Å². The molecular formula is C13H25N3S. The lowest BCUT2D eigenvalue weighted by Crippen LogP contribution is -2.22. The Morgan fingerprint density at radius 3 is 2.71 bits per heavy atom. The lowest BCUT2D eigenvalue weighted by Gasteiger charge is -2.09. The molecule has 3 nitrogen and oxygen atoms in total. The molecule has 1 atom stereocenters. The van der Waals surface area contributed by atoms with Gasteiger partial charge < -0.3 is 5.73 Å². The zero-order valence-electron chi connectivity index (χ0n) is 11.5. The highest BCUT2D eigenvalue weighted by Crippen LogP contribution is 2.16. The van der Waals surface area contributed by atoms with Gasteiger partial charge in [0.1, 0.15) is 0 Å². The van der Waals surface area contributed by atoms with Crippen LogP contribution in [0.25, 0.3) is 0 Å². The molecule has 4 heteroatoms. The highest BCUT2D eigenvalue weighted by Gasteiger charge is 2.13. The standard InChI is InChI=1S/C13H25N3S/c1-5-12(14)9-13-10(2)15-16(11(13)3)7-6-8-17-4/h12H,5-9,14H2,1-4H3. The number of thioether (sulfide) groups is 1. The van der Waals surface area contributed by atoms with Crippen molar-refractivity contribution in [2.24, 2.45) is 5.73 Å². The molecule has 98 valence electrons. The molecule has 0 spiro atoms. The second-order valence-electron chi connectivity index (χ2n) is 4.59. The normalized spacial score (nSPS) is 13.0. The monoisotopic (exact) mass is 255 g/mol. The SMILES string of the molecule is CCC(N)Cc1c(C)nn(CCCSC)c1C. The maximum absolute atomic E-state index is 6.03. The first kappa shape index (κ1) is 14.6. The first-order valence-corrected chi connectivity index (χ1v) is 7.76. The maximum Gasteiger partial charge on any atom is 0.0629 e. The van der Waals surface area contributed by atoms with Gasteiger partial charge in [-0.2, -0.15) is 16.9 Å². The van der Waals surface area contributed by atoms with Crippen LogP contribution >= 0.6 is 11.8 Å². The summed E-state index contributed by atoms with van der Waals surface area (Å²) in [7, 11) is 0. The van der Waals surface area contributed by atoms with E-state index in [1.807, 2.05) is 11.8 Å². The fourth-order valence-corrected chi connectivity index (χ4v) is 2.43. The van der Waals surface area contributed by atoms with Gasteiger partial charge in [-0.05, 0) is 50.7 Å². The van der Waals surface area contributed by atoms with Gasteiger partial charge in [-0.25, -0.2) is 0 Å². The predicted octanol–water partition coefficient (Wildman–Crippen LogP) is 2.53. The van der Waals surface area contributed by atoms with Gasteiger partial charge in [0.05, 0.1) is 5.69 Å². The van der Waals surface area contributed by atoms with E-state index in [9.17, 15) is 0 Å². The third-order valence-electron chi connectivity index (χ3n) is 3.24. The molecule has 0 aliphatic rings. The summed E-state index contributed by atoms with van der Waals surface area (Å²) in [5, 5.41) is 4.62. The molecule has 1 heterocycles. The van der Waals surface area contributed by atoms with Crippen molar-refractivity contribution in [3.05, 3.63) is 17.0 Å². The second-order valence-corrected chi connectivity index (χ2v) is 5.58. The summed E-state index contributed by atoms with van der Waals surface area (Å²) in [6, 6.07) is 0.260. The fourth-order valence-electron chi connectivity index (χ4n) is 2.01. The largest absolute Gasteiger partial charge is 0.327 e. The van der Waals surface area contributed by atoms with E-state index in [1.54, 1.807) is 0 Å². The van der Waals surface area contributed by atoms with E-state index in [2.05, 4.69) is 36.8 Å². The summed E-state index contributed by atoms with van der Waals surface area (Å²) >= 11 is 1.89. The van der Waals surface area contributed by atoms with Crippen molar-refractivity contribution < 1.29 is 0 Å². The number of hydrogen-bond acceptors (Lipinski definition) is 3. The second kappa shape index (κ2) is 7.07. The zero-order chi connectivity index (χ0) is 12.8.